The van der Waals surface area contributed by atoms with Crippen molar-refractivity contribution in [2.45, 2.75) is 43.6 Å². The maximum atomic E-state index is 11.3. The first-order chi connectivity index (χ1) is 17.9. The molecule has 0 radical (unpaired) electrons. The third kappa shape index (κ3) is 4.84. The largest absolute Gasteiger partial charge is 0.489 e. The normalized spacial score (nSPS) is 18.6. The van der Waals surface area contributed by atoms with Gasteiger partial charge in [-0.3, -0.25) is 0 Å². The highest BCUT2D eigenvalue weighted by molar-refractivity contribution is 6.39. The van der Waals surface area contributed by atoms with E-state index in [0.717, 1.165) is 41.7 Å². The Kier molecular flexibility index (Phi) is 6.39. The number of benzene rings is 3. The fourth-order valence-corrected chi connectivity index (χ4v) is 5.80. The molecular formula is C29H22Cl3NO4. The van der Waals surface area contributed by atoms with Gasteiger partial charge in [0.25, 0.3) is 0 Å². The number of aromatic nitrogens is 1. The van der Waals surface area contributed by atoms with Crippen LogP contribution in [-0.4, -0.2) is 16.2 Å². The minimum absolute atomic E-state index is 0.246. The summed E-state index contributed by atoms with van der Waals surface area (Å²) in [6.45, 7) is 0.246. The zero-order valence-corrected chi connectivity index (χ0v) is 21.9. The molecule has 0 amide bonds. The van der Waals surface area contributed by atoms with Gasteiger partial charge < -0.3 is 14.4 Å². The van der Waals surface area contributed by atoms with Crippen LogP contribution in [0.4, 0.5) is 0 Å². The van der Waals surface area contributed by atoms with Crippen molar-refractivity contribution >= 4 is 40.8 Å². The van der Waals surface area contributed by atoms with Crippen molar-refractivity contribution in [1.29, 1.82) is 0 Å². The number of carboxylic acids is 1. The van der Waals surface area contributed by atoms with E-state index < -0.39 is 5.97 Å². The summed E-state index contributed by atoms with van der Waals surface area (Å²) in [5.74, 6) is 1.37. The number of rotatable bonds is 8. The molecular weight excluding hydrogens is 533 g/mol. The van der Waals surface area contributed by atoms with Crippen molar-refractivity contribution in [3.8, 4) is 17.0 Å². The van der Waals surface area contributed by atoms with Crippen molar-refractivity contribution in [2.24, 2.45) is 0 Å². The highest BCUT2D eigenvalue weighted by Gasteiger charge is 2.41. The topological polar surface area (TPSA) is 72.6 Å². The minimum Gasteiger partial charge on any atom is -0.489 e. The van der Waals surface area contributed by atoms with Crippen LogP contribution in [-0.2, 0) is 6.61 Å². The van der Waals surface area contributed by atoms with Gasteiger partial charge in [-0.25, -0.2) is 4.79 Å². The van der Waals surface area contributed by atoms with Crippen LogP contribution in [0.3, 0.4) is 0 Å². The fourth-order valence-electron chi connectivity index (χ4n) is 4.91. The van der Waals surface area contributed by atoms with Crippen molar-refractivity contribution in [3.05, 3.63) is 104 Å². The lowest BCUT2D eigenvalue weighted by molar-refractivity contribution is 0.0696. The Bertz CT molecular complexity index is 1490. The van der Waals surface area contributed by atoms with E-state index in [1.807, 2.05) is 24.3 Å². The van der Waals surface area contributed by atoms with Gasteiger partial charge >= 0.3 is 5.97 Å². The van der Waals surface area contributed by atoms with Gasteiger partial charge in [-0.05, 0) is 78.6 Å². The molecule has 1 heterocycles. The second kappa shape index (κ2) is 9.71. The Balaban J connectivity index is 1.21. The SMILES string of the molecule is O=C(O)c1cccc([C@@H]2C[C@H]2c2ccc(OCc3c(-c4c(Cl)cccc4Cl)noc3C3CC3)cc2Cl)c1. The van der Waals surface area contributed by atoms with Gasteiger partial charge in [-0.1, -0.05) is 64.2 Å². The molecule has 2 saturated carbocycles. The zero-order chi connectivity index (χ0) is 25.7. The molecule has 2 aliphatic rings. The molecule has 2 atom stereocenters. The van der Waals surface area contributed by atoms with Crippen LogP contribution < -0.4 is 4.74 Å². The standard InChI is InChI=1S/C29H22Cl3NO4/c30-23-5-2-6-24(31)26(23)27-22(28(37-33-27)15-7-8-15)14-36-18-9-10-19(25(32)12-18)21-13-20(21)16-3-1-4-17(11-16)29(34)35/h1-6,9-12,15,20-21H,7-8,13-14H2,(H,34,35)/t20-,21-/m0/s1. The molecule has 0 aliphatic heterocycles. The van der Waals surface area contributed by atoms with E-state index in [-0.39, 0.29) is 18.4 Å². The van der Waals surface area contributed by atoms with Gasteiger partial charge in [0.05, 0.1) is 21.2 Å². The van der Waals surface area contributed by atoms with Gasteiger partial charge in [0.15, 0.2) is 0 Å². The Labute approximate surface area is 228 Å². The number of aromatic carboxylic acids is 1. The molecule has 0 unspecified atom stereocenters. The van der Waals surface area contributed by atoms with Gasteiger partial charge in [0.1, 0.15) is 23.8 Å². The lowest BCUT2D eigenvalue weighted by atomic mass is 10.0. The summed E-state index contributed by atoms with van der Waals surface area (Å²) in [6.07, 6.45) is 3.03. The average Bonchev–Trinajstić information content (AvgIpc) is 3.81. The number of hydrogen-bond donors (Lipinski definition) is 1. The van der Waals surface area contributed by atoms with Gasteiger partial charge in [0.2, 0.25) is 0 Å². The van der Waals surface area contributed by atoms with E-state index in [4.69, 9.17) is 44.1 Å². The summed E-state index contributed by atoms with van der Waals surface area (Å²) in [5, 5.41) is 15.2. The molecule has 1 aromatic heterocycles. The molecule has 0 spiro atoms. The Hall–Kier alpha value is -2.99. The molecule has 0 bridgehead atoms. The lowest BCUT2D eigenvalue weighted by Crippen LogP contribution is -2.00. The Morgan fingerprint density at radius 3 is 2.43 bits per heavy atom. The molecule has 5 nitrogen and oxygen atoms in total. The minimum atomic E-state index is -0.920. The number of carboxylic acid groups (broad SMARTS) is 1. The average molecular weight is 555 g/mol. The third-order valence-electron chi connectivity index (χ3n) is 7.07. The van der Waals surface area contributed by atoms with E-state index in [1.165, 1.54) is 0 Å². The van der Waals surface area contributed by atoms with Crippen LogP contribution in [0.15, 0.2) is 65.2 Å². The maximum Gasteiger partial charge on any atom is 0.335 e. The number of carbonyl (C=O) groups is 1. The molecule has 3 aromatic carbocycles. The van der Waals surface area contributed by atoms with Crippen molar-refractivity contribution in [2.75, 3.05) is 0 Å². The molecule has 0 saturated heterocycles. The quantitative estimate of drug-likeness (QED) is 0.236. The zero-order valence-electron chi connectivity index (χ0n) is 19.6. The van der Waals surface area contributed by atoms with Crippen LogP contribution in [0.2, 0.25) is 15.1 Å². The van der Waals surface area contributed by atoms with Gasteiger partial charge in [0, 0.05) is 16.5 Å². The molecule has 37 heavy (non-hydrogen) atoms. The second-order valence-electron chi connectivity index (χ2n) is 9.60. The second-order valence-corrected chi connectivity index (χ2v) is 10.8. The van der Waals surface area contributed by atoms with Crippen LogP contribution >= 0.6 is 34.8 Å². The maximum absolute atomic E-state index is 11.3. The summed E-state index contributed by atoms with van der Waals surface area (Å²) in [5.41, 5.74) is 4.44. The monoisotopic (exact) mass is 553 g/mol. The summed E-state index contributed by atoms with van der Waals surface area (Å²) >= 11 is 19.6. The van der Waals surface area contributed by atoms with E-state index in [0.29, 0.717) is 43.6 Å². The first kappa shape index (κ1) is 24.4. The molecule has 4 aromatic rings. The highest BCUT2D eigenvalue weighted by Crippen LogP contribution is 2.56. The summed E-state index contributed by atoms with van der Waals surface area (Å²) in [7, 11) is 0. The lowest BCUT2D eigenvalue weighted by Gasteiger charge is -2.11. The number of nitrogens with zero attached hydrogens (tertiary/aromatic N) is 1. The molecule has 2 aliphatic carbocycles. The summed E-state index contributed by atoms with van der Waals surface area (Å²) in [6, 6.07) is 18.2. The number of halogens is 3. The van der Waals surface area contributed by atoms with E-state index in [9.17, 15) is 9.90 Å². The van der Waals surface area contributed by atoms with Gasteiger partial charge in [-0.2, -0.15) is 0 Å². The molecule has 2 fully saturated rings. The predicted molar refractivity (Wildman–Crippen MR) is 143 cm³/mol. The van der Waals surface area contributed by atoms with E-state index in [2.05, 4.69) is 5.16 Å². The van der Waals surface area contributed by atoms with Crippen LogP contribution in [0, 0.1) is 0 Å². The highest BCUT2D eigenvalue weighted by atomic mass is 35.5. The summed E-state index contributed by atoms with van der Waals surface area (Å²) < 4.78 is 11.9. The van der Waals surface area contributed by atoms with Gasteiger partial charge in [-0.15, -0.1) is 0 Å². The number of hydrogen-bond acceptors (Lipinski definition) is 4. The van der Waals surface area contributed by atoms with E-state index >= 15 is 0 Å². The molecule has 1 N–H and O–H groups in total. The molecule has 188 valence electrons. The summed E-state index contributed by atoms with van der Waals surface area (Å²) in [4.78, 5) is 11.3. The first-order valence-corrected chi connectivity index (χ1v) is 13.2. The van der Waals surface area contributed by atoms with Crippen molar-refractivity contribution in [1.82, 2.24) is 5.16 Å². The number of ether oxygens (including phenoxy) is 1. The van der Waals surface area contributed by atoms with Crippen LogP contribution in [0.25, 0.3) is 11.3 Å². The van der Waals surface area contributed by atoms with Crippen molar-refractivity contribution < 1.29 is 19.2 Å². The smallest absolute Gasteiger partial charge is 0.335 e. The Morgan fingerprint density at radius 1 is 0.973 bits per heavy atom. The molecule has 6 rings (SSSR count). The first-order valence-electron chi connectivity index (χ1n) is 12.1. The van der Waals surface area contributed by atoms with Crippen LogP contribution in [0.5, 0.6) is 5.75 Å². The van der Waals surface area contributed by atoms with E-state index in [1.54, 1.807) is 36.4 Å². The Morgan fingerprint density at radius 2 is 1.73 bits per heavy atom. The third-order valence-corrected chi connectivity index (χ3v) is 8.03. The van der Waals surface area contributed by atoms with Crippen LogP contribution in [0.1, 0.15) is 69.8 Å². The fraction of sp³-hybridized carbons (Fsp3) is 0.241. The molecule has 8 heteroatoms. The van der Waals surface area contributed by atoms with Crippen molar-refractivity contribution in [3.63, 3.8) is 0 Å². The predicted octanol–water partition coefficient (Wildman–Crippen LogP) is 8.73.